The number of ether oxygens (including phenoxy) is 2. The summed E-state index contributed by atoms with van der Waals surface area (Å²) in [6.45, 7) is -0.509. The van der Waals surface area contributed by atoms with Gasteiger partial charge in [-0.15, -0.1) is 11.3 Å². The van der Waals surface area contributed by atoms with Crippen molar-refractivity contribution < 1.29 is 23.9 Å². The summed E-state index contributed by atoms with van der Waals surface area (Å²) < 4.78 is 12.1. The maximum atomic E-state index is 12.1. The number of benzene rings is 2. The maximum Gasteiger partial charge on any atom is 0.306 e. The summed E-state index contributed by atoms with van der Waals surface area (Å²) in [6.07, 6.45) is 0.785. The van der Waals surface area contributed by atoms with Crippen LogP contribution >= 0.6 is 23.1 Å². The first-order chi connectivity index (χ1) is 14.6. The number of imide groups is 1. The lowest BCUT2D eigenvalue weighted by Gasteiger charge is -2.08. The van der Waals surface area contributed by atoms with Crippen molar-refractivity contribution in [2.75, 3.05) is 19.5 Å². The number of esters is 1. The highest BCUT2D eigenvalue weighted by molar-refractivity contribution is 8.01. The molecule has 0 fully saturated rings. The molecule has 1 heterocycles. The van der Waals surface area contributed by atoms with E-state index in [-0.39, 0.29) is 12.0 Å². The molecule has 0 aliphatic carbocycles. The number of nitrogens with one attached hydrogen (secondary N) is 1. The first-order valence-electron chi connectivity index (χ1n) is 9.18. The zero-order chi connectivity index (χ0) is 21.3. The lowest BCUT2D eigenvalue weighted by atomic mass is 10.2. The number of carbonyl (C=O) groups is 3. The van der Waals surface area contributed by atoms with Gasteiger partial charge < -0.3 is 9.47 Å². The van der Waals surface area contributed by atoms with E-state index in [0.717, 1.165) is 14.6 Å². The molecule has 0 aliphatic heterocycles. The lowest BCUT2D eigenvalue weighted by Crippen LogP contribution is -2.34. The Bertz CT molecular complexity index is 1020. The molecule has 1 N–H and O–H groups in total. The van der Waals surface area contributed by atoms with E-state index in [9.17, 15) is 14.4 Å². The Hall–Kier alpha value is -2.91. The third-order valence-corrected chi connectivity index (χ3v) is 6.26. The molecule has 0 saturated heterocycles. The number of para-hydroxylation sites is 2. The van der Waals surface area contributed by atoms with Crippen molar-refractivity contribution in [3.63, 3.8) is 0 Å². The highest BCUT2D eigenvalue weighted by Crippen LogP contribution is 2.29. The van der Waals surface area contributed by atoms with Gasteiger partial charge in [0.05, 0.1) is 22.9 Å². The zero-order valence-electron chi connectivity index (χ0n) is 16.3. The second-order valence-electron chi connectivity index (χ2n) is 6.14. The molecule has 0 unspecified atom stereocenters. The highest BCUT2D eigenvalue weighted by atomic mass is 32.2. The fourth-order valence-electron chi connectivity index (χ4n) is 2.57. The van der Waals surface area contributed by atoms with E-state index < -0.39 is 24.4 Å². The number of fused-ring (bicyclic) bond motifs is 1. The Labute approximate surface area is 181 Å². The van der Waals surface area contributed by atoms with Crippen LogP contribution in [0.2, 0.25) is 0 Å². The van der Waals surface area contributed by atoms with Crippen LogP contribution in [-0.2, 0) is 14.3 Å². The molecule has 0 bridgehead atoms. The highest BCUT2D eigenvalue weighted by Gasteiger charge is 2.16. The van der Waals surface area contributed by atoms with Crippen molar-refractivity contribution in [1.29, 1.82) is 0 Å². The Morgan fingerprint density at radius 3 is 2.67 bits per heavy atom. The predicted octanol–water partition coefficient (Wildman–Crippen LogP) is 3.68. The number of aromatic nitrogens is 1. The van der Waals surface area contributed by atoms with Gasteiger partial charge in [0.2, 0.25) is 0 Å². The monoisotopic (exact) mass is 444 g/mol. The normalized spacial score (nSPS) is 10.6. The van der Waals surface area contributed by atoms with E-state index in [0.29, 0.717) is 17.9 Å². The molecule has 3 aromatic rings. The van der Waals surface area contributed by atoms with Gasteiger partial charge in [-0.3, -0.25) is 19.7 Å². The van der Waals surface area contributed by atoms with Crippen LogP contribution < -0.4 is 10.1 Å². The molecule has 3 rings (SSSR count). The number of carbonyl (C=O) groups excluding carboxylic acids is 3. The van der Waals surface area contributed by atoms with Crippen LogP contribution in [-0.4, -0.2) is 42.2 Å². The molecule has 0 atom stereocenters. The minimum absolute atomic E-state index is 0.186. The molecule has 7 nitrogen and oxygen atoms in total. The minimum atomic E-state index is -0.692. The molecule has 9 heteroatoms. The van der Waals surface area contributed by atoms with Crippen LogP contribution in [0.4, 0.5) is 0 Å². The smallest absolute Gasteiger partial charge is 0.306 e. The summed E-state index contributed by atoms with van der Waals surface area (Å²) >= 11 is 3.20. The number of rotatable bonds is 9. The van der Waals surface area contributed by atoms with Crippen molar-refractivity contribution in [1.82, 2.24) is 10.3 Å². The predicted molar refractivity (Wildman–Crippen MR) is 116 cm³/mol. The first-order valence-corrected chi connectivity index (χ1v) is 11.0. The van der Waals surface area contributed by atoms with Gasteiger partial charge in [0.15, 0.2) is 10.9 Å². The average molecular weight is 445 g/mol. The number of hydrogen-bond donors (Lipinski definition) is 1. The summed E-state index contributed by atoms with van der Waals surface area (Å²) in [4.78, 5) is 40.4. The topological polar surface area (TPSA) is 94.6 Å². The van der Waals surface area contributed by atoms with Gasteiger partial charge in [0.25, 0.3) is 11.8 Å². The van der Waals surface area contributed by atoms with Gasteiger partial charge in [0, 0.05) is 12.2 Å². The Morgan fingerprint density at radius 2 is 1.87 bits per heavy atom. The molecule has 156 valence electrons. The molecule has 30 heavy (non-hydrogen) atoms. The van der Waals surface area contributed by atoms with Gasteiger partial charge in [0.1, 0.15) is 5.75 Å². The van der Waals surface area contributed by atoms with Crippen molar-refractivity contribution in [3.8, 4) is 5.75 Å². The maximum absolute atomic E-state index is 12.1. The number of hydrogen-bond acceptors (Lipinski definition) is 8. The second-order valence-corrected chi connectivity index (χ2v) is 8.51. The van der Waals surface area contributed by atoms with E-state index >= 15 is 0 Å². The summed E-state index contributed by atoms with van der Waals surface area (Å²) in [5.41, 5.74) is 1.20. The van der Waals surface area contributed by atoms with Crippen LogP contribution in [0.1, 0.15) is 23.2 Å². The quantitative estimate of drug-likeness (QED) is 0.306. The third-order valence-electron chi connectivity index (χ3n) is 3.99. The van der Waals surface area contributed by atoms with Crippen molar-refractivity contribution in [3.05, 3.63) is 54.1 Å². The van der Waals surface area contributed by atoms with E-state index in [2.05, 4.69) is 10.3 Å². The average Bonchev–Trinajstić information content (AvgIpc) is 3.18. The fraction of sp³-hybridized carbons (Fsp3) is 0.238. The van der Waals surface area contributed by atoms with E-state index in [1.54, 1.807) is 41.3 Å². The second kappa shape index (κ2) is 10.7. The van der Waals surface area contributed by atoms with Gasteiger partial charge >= 0.3 is 5.97 Å². The summed E-state index contributed by atoms with van der Waals surface area (Å²) in [5.74, 6) is -0.720. The molecular weight excluding hydrogens is 424 g/mol. The Kier molecular flexibility index (Phi) is 7.81. The lowest BCUT2D eigenvalue weighted by molar-refractivity contribution is -0.148. The Morgan fingerprint density at radius 1 is 1.10 bits per heavy atom. The molecule has 0 radical (unpaired) electrons. The van der Waals surface area contributed by atoms with Gasteiger partial charge in [-0.05, 0) is 30.7 Å². The SMILES string of the molecule is COc1ccccc1C(=O)NC(=O)COC(=O)CCCSc1nc2ccccc2s1. The summed E-state index contributed by atoms with van der Waals surface area (Å²) in [5, 5.41) is 2.18. The summed E-state index contributed by atoms with van der Waals surface area (Å²) in [7, 11) is 1.44. The number of thioether (sulfide) groups is 1. The number of methoxy groups -OCH3 is 1. The molecule has 0 aliphatic rings. The van der Waals surface area contributed by atoms with Crippen molar-refractivity contribution in [2.45, 2.75) is 17.2 Å². The molecule has 2 amide bonds. The molecule has 1 aromatic heterocycles. The van der Waals surface area contributed by atoms with Crippen molar-refractivity contribution in [2.24, 2.45) is 0 Å². The molecule has 0 spiro atoms. The van der Waals surface area contributed by atoms with Crippen LogP contribution in [0.5, 0.6) is 5.75 Å². The van der Waals surface area contributed by atoms with Gasteiger partial charge in [-0.25, -0.2) is 4.98 Å². The molecule has 2 aromatic carbocycles. The van der Waals surface area contributed by atoms with E-state index in [1.807, 2.05) is 24.3 Å². The largest absolute Gasteiger partial charge is 0.496 e. The molecule has 0 saturated carbocycles. The number of amides is 2. The Balaban J connectivity index is 1.34. The third kappa shape index (κ3) is 6.04. The van der Waals surface area contributed by atoms with E-state index in [1.165, 1.54) is 13.2 Å². The fourth-order valence-corrected chi connectivity index (χ4v) is 4.65. The van der Waals surface area contributed by atoms with E-state index in [4.69, 9.17) is 9.47 Å². The first kappa shape index (κ1) is 21.8. The van der Waals surface area contributed by atoms with Gasteiger partial charge in [-0.1, -0.05) is 36.0 Å². The molecular formula is C21H20N2O5S2. The van der Waals surface area contributed by atoms with Crippen molar-refractivity contribution >= 4 is 51.1 Å². The minimum Gasteiger partial charge on any atom is -0.496 e. The van der Waals surface area contributed by atoms with Crippen LogP contribution in [0.3, 0.4) is 0 Å². The van der Waals surface area contributed by atoms with Crippen LogP contribution in [0.25, 0.3) is 10.2 Å². The van der Waals surface area contributed by atoms with Gasteiger partial charge in [-0.2, -0.15) is 0 Å². The standard InChI is InChI=1S/C21H20N2O5S2/c1-27-16-9-4-2-7-14(16)20(26)23-18(24)13-28-19(25)11-6-12-29-21-22-15-8-3-5-10-17(15)30-21/h2-5,7-10H,6,11-13H2,1H3,(H,23,24,26). The zero-order valence-corrected chi connectivity index (χ0v) is 17.9. The summed E-state index contributed by atoms with van der Waals surface area (Å²) in [6, 6.07) is 14.5. The van der Waals surface area contributed by atoms with Crippen LogP contribution in [0, 0.1) is 0 Å². The number of thiazole rings is 1. The number of nitrogens with zero attached hydrogens (tertiary/aromatic N) is 1. The van der Waals surface area contributed by atoms with Crippen LogP contribution in [0.15, 0.2) is 52.9 Å².